The lowest BCUT2D eigenvalue weighted by Gasteiger charge is -2.40. The molecule has 2 fully saturated rings. The first-order valence-electron chi connectivity index (χ1n) is 8.63. The standard InChI is InChI=1S/C16H22F3N3O4/c1-25-15(24)22-6-4-10(12-8-14(23)20-26-12)7-11(22)9-21-5-2-3-13(21)16(17,18)19/h8,10-11,13H,2-7,9H2,1H3,(H,20,23)/t10?,11?,13-/m1/s1. The van der Waals surface area contributed by atoms with Crippen molar-refractivity contribution in [3.8, 4) is 0 Å². The van der Waals surface area contributed by atoms with E-state index in [4.69, 9.17) is 9.26 Å². The third-order valence-electron chi connectivity index (χ3n) is 5.26. The van der Waals surface area contributed by atoms with Gasteiger partial charge in [-0.05, 0) is 32.2 Å². The Morgan fingerprint density at radius 1 is 1.38 bits per heavy atom. The molecule has 7 nitrogen and oxygen atoms in total. The highest BCUT2D eigenvalue weighted by Crippen LogP contribution is 2.36. The van der Waals surface area contributed by atoms with Gasteiger partial charge in [0, 0.05) is 31.1 Å². The number of alkyl halides is 3. The van der Waals surface area contributed by atoms with Crippen LogP contribution in [0.25, 0.3) is 0 Å². The van der Waals surface area contributed by atoms with E-state index < -0.39 is 24.4 Å². The number of nitrogens with one attached hydrogen (secondary N) is 1. The molecule has 1 aromatic rings. The minimum atomic E-state index is -4.28. The summed E-state index contributed by atoms with van der Waals surface area (Å²) in [5, 5.41) is 2.23. The topological polar surface area (TPSA) is 78.8 Å². The maximum atomic E-state index is 13.2. The summed E-state index contributed by atoms with van der Waals surface area (Å²) in [5.41, 5.74) is -0.358. The first-order chi connectivity index (χ1) is 12.3. The summed E-state index contributed by atoms with van der Waals surface area (Å²) in [5.74, 6) is 0.338. The van der Waals surface area contributed by atoms with Crippen molar-refractivity contribution in [1.82, 2.24) is 15.0 Å². The predicted molar refractivity (Wildman–Crippen MR) is 84.9 cm³/mol. The molecule has 1 aromatic heterocycles. The Kier molecular flexibility index (Phi) is 5.31. The highest BCUT2D eigenvalue weighted by atomic mass is 19.4. The number of carbonyl (C=O) groups excluding carboxylic acids is 1. The zero-order valence-electron chi connectivity index (χ0n) is 14.4. The SMILES string of the molecule is COC(=O)N1CCC(c2cc(=O)[nH]o2)CC1CN1CCC[C@@H]1C(F)(F)F. The number of hydrogen-bond acceptors (Lipinski definition) is 5. The van der Waals surface area contributed by atoms with Crippen molar-refractivity contribution in [1.29, 1.82) is 0 Å². The number of aromatic nitrogens is 1. The van der Waals surface area contributed by atoms with Gasteiger partial charge in [-0.3, -0.25) is 9.69 Å². The maximum absolute atomic E-state index is 13.2. The van der Waals surface area contributed by atoms with E-state index in [1.54, 1.807) is 0 Å². The van der Waals surface area contributed by atoms with Gasteiger partial charge in [-0.2, -0.15) is 18.3 Å². The monoisotopic (exact) mass is 377 g/mol. The molecular formula is C16H22F3N3O4. The van der Waals surface area contributed by atoms with Crippen molar-refractivity contribution in [3.05, 3.63) is 22.2 Å². The number of rotatable bonds is 3. The summed E-state index contributed by atoms with van der Waals surface area (Å²) in [7, 11) is 1.26. The number of likely N-dealkylation sites (tertiary alicyclic amines) is 2. The largest absolute Gasteiger partial charge is 0.453 e. The molecule has 146 valence electrons. The van der Waals surface area contributed by atoms with Gasteiger partial charge in [-0.25, -0.2) is 4.79 Å². The lowest BCUT2D eigenvalue weighted by molar-refractivity contribution is -0.177. The van der Waals surface area contributed by atoms with Crippen molar-refractivity contribution >= 4 is 6.09 Å². The molecule has 2 aliphatic rings. The highest BCUT2D eigenvalue weighted by molar-refractivity contribution is 5.68. The van der Waals surface area contributed by atoms with E-state index in [1.165, 1.54) is 23.0 Å². The molecule has 2 unspecified atom stereocenters. The number of halogens is 3. The number of carbonyl (C=O) groups is 1. The second kappa shape index (κ2) is 7.34. The molecule has 3 heterocycles. The van der Waals surface area contributed by atoms with Crippen molar-refractivity contribution in [2.45, 2.75) is 49.9 Å². The first-order valence-corrected chi connectivity index (χ1v) is 8.63. The Labute approximate surface area is 148 Å². The molecule has 10 heteroatoms. The van der Waals surface area contributed by atoms with Gasteiger partial charge < -0.3 is 14.2 Å². The van der Waals surface area contributed by atoms with E-state index in [-0.39, 0.29) is 24.4 Å². The van der Waals surface area contributed by atoms with Gasteiger partial charge in [0.15, 0.2) is 0 Å². The number of piperidine rings is 1. The summed E-state index contributed by atoms with van der Waals surface area (Å²) in [6, 6.07) is -0.568. The van der Waals surface area contributed by atoms with E-state index in [9.17, 15) is 22.8 Å². The second-order valence-corrected chi connectivity index (χ2v) is 6.85. The third kappa shape index (κ3) is 3.89. The first kappa shape index (κ1) is 18.8. The van der Waals surface area contributed by atoms with Gasteiger partial charge in [0.25, 0.3) is 5.56 Å². The fraction of sp³-hybridized carbons (Fsp3) is 0.750. The molecule has 1 N–H and O–H groups in total. The number of hydrogen-bond donors (Lipinski definition) is 1. The van der Waals surface area contributed by atoms with Gasteiger partial charge in [0.05, 0.1) is 7.11 Å². The summed E-state index contributed by atoms with van der Waals surface area (Å²) >= 11 is 0. The number of methoxy groups -OCH3 is 1. The molecule has 0 spiro atoms. The van der Waals surface area contributed by atoms with Crippen LogP contribution < -0.4 is 5.56 Å². The van der Waals surface area contributed by atoms with Crippen molar-refractivity contribution in [2.24, 2.45) is 0 Å². The molecule has 0 aromatic carbocycles. The average molecular weight is 377 g/mol. The Hall–Kier alpha value is -1.97. The number of nitrogens with zero attached hydrogens (tertiary/aromatic N) is 2. The number of ether oxygens (including phenoxy) is 1. The summed E-state index contributed by atoms with van der Waals surface area (Å²) < 4.78 is 49.6. The van der Waals surface area contributed by atoms with Crippen LogP contribution in [-0.4, -0.2) is 66.1 Å². The fourth-order valence-corrected chi connectivity index (χ4v) is 4.02. The van der Waals surface area contributed by atoms with E-state index >= 15 is 0 Å². The normalized spacial score (nSPS) is 27.7. The molecule has 0 saturated carbocycles. The van der Waals surface area contributed by atoms with Crippen LogP contribution in [0.2, 0.25) is 0 Å². The van der Waals surface area contributed by atoms with Crippen molar-refractivity contribution in [3.63, 3.8) is 0 Å². The fourth-order valence-electron chi connectivity index (χ4n) is 4.02. The zero-order valence-corrected chi connectivity index (χ0v) is 14.4. The smallest absolute Gasteiger partial charge is 0.409 e. The number of aromatic amines is 1. The third-order valence-corrected chi connectivity index (χ3v) is 5.26. The number of H-pyrrole nitrogens is 1. The predicted octanol–water partition coefficient (Wildman–Crippen LogP) is 2.31. The molecule has 26 heavy (non-hydrogen) atoms. The maximum Gasteiger partial charge on any atom is 0.409 e. The van der Waals surface area contributed by atoms with Crippen molar-refractivity contribution in [2.75, 3.05) is 26.7 Å². The quantitative estimate of drug-likeness (QED) is 0.875. The zero-order chi connectivity index (χ0) is 18.9. The Bertz CT molecular complexity index is 687. The van der Waals surface area contributed by atoms with Gasteiger partial charge in [0.1, 0.15) is 11.8 Å². The molecule has 1 amide bonds. The minimum absolute atomic E-state index is 0.0740. The van der Waals surface area contributed by atoms with Crippen LogP contribution in [0.5, 0.6) is 0 Å². The molecule has 2 saturated heterocycles. The minimum Gasteiger partial charge on any atom is -0.453 e. The van der Waals surface area contributed by atoms with E-state index in [0.29, 0.717) is 38.1 Å². The average Bonchev–Trinajstić information content (AvgIpc) is 3.22. The summed E-state index contributed by atoms with van der Waals surface area (Å²) in [6.07, 6.45) is -3.32. The van der Waals surface area contributed by atoms with Crippen LogP contribution in [0.15, 0.2) is 15.4 Å². The molecule has 0 bridgehead atoms. The van der Waals surface area contributed by atoms with Crippen LogP contribution >= 0.6 is 0 Å². The molecule has 3 atom stereocenters. The molecule has 0 radical (unpaired) electrons. The van der Waals surface area contributed by atoms with Crippen LogP contribution in [-0.2, 0) is 4.74 Å². The highest BCUT2D eigenvalue weighted by Gasteiger charge is 2.47. The molecule has 2 aliphatic heterocycles. The van der Waals surface area contributed by atoms with Gasteiger partial charge >= 0.3 is 12.3 Å². The Balaban J connectivity index is 1.76. The number of amides is 1. The lowest BCUT2D eigenvalue weighted by Crippen LogP contribution is -2.53. The van der Waals surface area contributed by atoms with Crippen molar-refractivity contribution < 1.29 is 27.2 Å². The molecule has 0 aliphatic carbocycles. The van der Waals surface area contributed by atoms with Gasteiger partial charge in [-0.1, -0.05) is 0 Å². The van der Waals surface area contributed by atoms with Gasteiger partial charge in [0.2, 0.25) is 0 Å². The summed E-state index contributed by atoms with van der Waals surface area (Å²) in [6.45, 7) is 0.797. The Morgan fingerprint density at radius 3 is 2.77 bits per heavy atom. The molecule has 3 rings (SSSR count). The van der Waals surface area contributed by atoms with Gasteiger partial charge in [-0.15, -0.1) is 0 Å². The van der Waals surface area contributed by atoms with Crippen LogP contribution in [0, 0.1) is 0 Å². The van der Waals surface area contributed by atoms with Crippen LogP contribution in [0.3, 0.4) is 0 Å². The van der Waals surface area contributed by atoms with E-state index in [0.717, 1.165) is 0 Å². The summed E-state index contributed by atoms with van der Waals surface area (Å²) in [4.78, 5) is 26.2. The second-order valence-electron chi connectivity index (χ2n) is 6.85. The van der Waals surface area contributed by atoms with Crippen LogP contribution in [0.1, 0.15) is 37.4 Å². The molecular weight excluding hydrogens is 355 g/mol. The van der Waals surface area contributed by atoms with E-state index in [1.807, 2.05) is 0 Å². The Morgan fingerprint density at radius 2 is 2.15 bits per heavy atom. The van der Waals surface area contributed by atoms with Crippen LogP contribution in [0.4, 0.5) is 18.0 Å². The lowest BCUT2D eigenvalue weighted by atomic mass is 9.88. The van der Waals surface area contributed by atoms with E-state index in [2.05, 4.69) is 5.16 Å².